The predicted octanol–water partition coefficient (Wildman–Crippen LogP) is 2.12. The summed E-state index contributed by atoms with van der Waals surface area (Å²) in [5.74, 6) is 2.52. The van der Waals surface area contributed by atoms with Gasteiger partial charge in [-0.15, -0.1) is 0 Å². The first-order valence-electron chi connectivity index (χ1n) is 10.0. The lowest BCUT2D eigenvalue weighted by atomic mass is 9.97. The van der Waals surface area contributed by atoms with Crippen LogP contribution < -0.4 is 5.56 Å². The van der Waals surface area contributed by atoms with Crippen molar-refractivity contribution in [2.45, 2.75) is 64.5 Å². The molecule has 6 heteroatoms. The van der Waals surface area contributed by atoms with Crippen LogP contribution in [0.3, 0.4) is 0 Å². The maximum Gasteiger partial charge on any atom is 0.267 e. The van der Waals surface area contributed by atoms with Crippen molar-refractivity contribution in [1.29, 1.82) is 0 Å². The van der Waals surface area contributed by atoms with Gasteiger partial charge in [0.05, 0.1) is 17.9 Å². The van der Waals surface area contributed by atoms with Gasteiger partial charge in [-0.1, -0.05) is 0 Å². The highest BCUT2D eigenvalue weighted by atomic mass is 16.4. The third kappa shape index (κ3) is 3.11. The molecule has 0 atom stereocenters. The van der Waals surface area contributed by atoms with Gasteiger partial charge in [0.25, 0.3) is 5.56 Å². The van der Waals surface area contributed by atoms with E-state index < -0.39 is 0 Å². The van der Waals surface area contributed by atoms with E-state index >= 15 is 0 Å². The largest absolute Gasteiger partial charge is 0.444 e. The minimum absolute atomic E-state index is 0.0716. The van der Waals surface area contributed by atoms with E-state index in [1.54, 1.807) is 4.68 Å². The van der Waals surface area contributed by atoms with Crippen LogP contribution in [0.5, 0.6) is 0 Å². The summed E-state index contributed by atoms with van der Waals surface area (Å²) in [7, 11) is 0. The monoisotopic (exact) mass is 354 g/mol. The molecular weight excluding hydrogens is 328 g/mol. The molecule has 5 rings (SSSR count). The van der Waals surface area contributed by atoms with Crippen molar-refractivity contribution in [1.82, 2.24) is 19.7 Å². The van der Waals surface area contributed by atoms with Gasteiger partial charge in [0.2, 0.25) is 5.89 Å². The van der Waals surface area contributed by atoms with Crippen LogP contribution in [-0.4, -0.2) is 32.8 Å². The summed E-state index contributed by atoms with van der Waals surface area (Å²) in [5, 5.41) is 4.63. The standard InChI is InChI=1S/C20H26N4O2/c25-20-11-15-3-1-4-16(15)22-24(20)12-14-7-9-23(10-8-14)13-19-21-17-5-2-6-18(17)26-19/h11,14H,1-10,12-13H2. The average Bonchev–Trinajstić information content (AvgIpc) is 3.33. The summed E-state index contributed by atoms with van der Waals surface area (Å²) in [6, 6.07) is 1.81. The van der Waals surface area contributed by atoms with E-state index in [-0.39, 0.29) is 5.56 Å². The summed E-state index contributed by atoms with van der Waals surface area (Å²) in [6.07, 6.45) is 8.68. The van der Waals surface area contributed by atoms with Gasteiger partial charge in [-0.2, -0.15) is 5.10 Å². The zero-order valence-corrected chi connectivity index (χ0v) is 15.2. The van der Waals surface area contributed by atoms with Crippen LogP contribution in [0, 0.1) is 5.92 Å². The molecule has 3 heterocycles. The molecule has 138 valence electrons. The van der Waals surface area contributed by atoms with Gasteiger partial charge < -0.3 is 4.42 Å². The highest BCUT2D eigenvalue weighted by Crippen LogP contribution is 2.25. The third-order valence-electron chi connectivity index (χ3n) is 6.16. The van der Waals surface area contributed by atoms with Crippen molar-refractivity contribution in [3.63, 3.8) is 0 Å². The smallest absolute Gasteiger partial charge is 0.267 e. The molecule has 0 bridgehead atoms. The number of oxazole rings is 1. The zero-order valence-electron chi connectivity index (χ0n) is 15.2. The summed E-state index contributed by atoms with van der Waals surface area (Å²) in [5.41, 5.74) is 3.55. The van der Waals surface area contributed by atoms with Crippen molar-refractivity contribution < 1.29 is 4.42 Å². The van der Waals surface area contributed by atoms with E-state index in [1.807, 2.05) is 6.07 Å². The molecule has 0 aromatic carbocycles. The maximum atomic E-state index is 12.3. The topological polar surface area (TPSA) is 64.2 Å². The quantitative estimate of drug-likeness (QED) is 0.841. The number of piperidine rings is 1. The highest BCUT2D eigenvalue weighted by molar-refractivity contribution is 5.22. The summed E-state index contributed by atoms with van der Waals surface area (Å²) in [4.78, 5) is 19.4. The number of aryl methyl sites for hydroxylation is 4. The Morgan fingerprint density at radius 3 is 2.73 bits per heavy atom. The van der Waals surface area contributed by atoms with Crippen LogP contribution in [0.25, 0.3) is 0 Å². The van der Waals surface area contributed by atoms with E-state index in [9.17, 15) is 4.79 Å². The second-order valence-corrected chi connectivity index (χ2v) is 8.04. The van der Waals surface area contributed by atoms with E-state index in [0.717, 1.165) is 88.5 Å². The number of nitrogens with zero attached hydrogens (tertiary/aromatic N) is 4. The van der Waals surface area contributed by atoms with Crippen LogP contribution in [0.4, 0.5) is 0 Å². The molecule has 1 saturated heterocycles. The van der Waals surface area contributed by atoms with Gasteiger partial charge in [0.1, 0.15) is 5.76 Å². The van der Waals surface area contributed by atoms with E-state index in [4.69, 9.17) is 4.42 Å². The van der Waals surface area contributed by atoms with Crippen molar-refractivity contribution in [2.24, 2.45) is 5.92 Å². The van der Waals surface area contributed by atoms with Gasteiger partial charge in [-0.05, 0) is 69.5 Å². The Kier molecular flexibility index (Phi) is 4.15. The lowest BCUT2D eigenvalue weighted by Crippen LogP contribution is -2.36. The van der Waals surface area contributed by atoms with E-state index in [2.05, 4.69) is 15.0 Å². The molecule has 2 aliphatic carbocycles. The summed E-state index contributed by atoms with van der Waals surface area (Å²) < 4.78 is 7.61. The Morgan fingerprint density at radius 1 is 1.08 bits per heavy atom. The fourth-order valence-electron chi connectivity index (χ4n) is 4.64. The minimum Gasteiger partial charge on any atom is -0.444 e. The van der Waals surface area contributed by atoms with Gasteiger partial charge in [0.15, 0.2) is 0 Å². The second-order valence-electron chi connectivity index (χ2n) is 8.04. The van der Waals surface area contributed by atoms with Gasteiger partial charge in [-0.3, -0.25) is 9.69 Å². The molecular formula is C20H26N4O2. The molecule has 0 radical (unpaired) electrons. The molecule has 2 aromatic heterocycles. The van der Waals surface area contributed by atoms with Crippen molar-refractivity contribution in [2.75, 3.05) is 13.1 Å². The fraction of sp³-hybridized carbons (Fsp3) is 0.650. The molecule has 6 nitrogen and oxygen atoms in total. The van der Waals surface area contributed by atoms with E-state index in [1.165, 1.54) is 17.7 Å². The lowest BCUT2D eigenvalue weighted by molar-refractivity contribution is 0.151. The molecule has 0 N–H and O–H groups in total. The molecule has 0 spiro atoms. The molecule has 0 amide bonds. The number of likely N-dealkylation sites (tertiary alicyclic amines) is 1. The molecule has 1 aliphatic heterocycles. The molecule has 1 fully saturated rings. The van der Waals surface area contributed by atoms with Crippen LogP contribution in [-0.2, 0) is 38.8 Å². The Bertz CT molecular complexity index is 840. The normalized spacial score (nSPS) is 20.5. The summed E-state index contributed by atoms with van der Waals surface area (Å²) in [6.45, 7) is 3.65. The molecule has 3 aliphatic rings. The predicted molar refractivity (Wildman–Crippen MR) is 97.1 cm³/mol. The Labute approximate surface area is 153 Å². The summed E-state index contributed by atoms with van der Waals surface area (Å²) >= 11 is 0. The van der Waals surface area contributed by atoms with Gasteiger partial charge >= 0.3 is 0 Å². The van der Waals surface area contributed by atoms with Crippen LogP contribution in [0.1, 0.15) is 54.3 Å². The zero-order chi connectivity index (χ0) is 17.5. The number of rotatable bonds is 4. The van der Waals surface area contributed by atoms with Crippen LogP contribution >= 0.6 is 0 Å². The van der Waals surface area contributed by atoms with Gasteiger partial charge in [-0.25, -0.2) is 9.67 Å². The van der Waals surface area contributed by atoms with Crippen LogP contribution in [0.2, 0.25) is 0 Å². The first kappa shape index (κ1) is 16.2. The first-order chi connectivity index (χ1) is 12.7. The number of aromatic nitrogens is 3. The fourth-order valence-corrected chi connectivity index (χ4v) is 4.64. The first-order valence-corrected chi connectivity index (χ1v) is 10.0. The molecule has 0 unspecified atom stereocenters. The lowest BCUT2D eigenvalue weighted by Gasteiger charge is -2.31. The SMILES string of the molecule is O=c1cc2c(nn1CC1CCN(Cc3nc4c(o3)CCC4)CC1)CCC2. The van der Waals surface area contributed by atoms with Crippen molar-refractivity contribution >= 4 is 0 Å². The second kappa shape index (κ2) is 6.65. The Hall–Kier alpha value is -1.95. The number of hydrogen-bond donors (Lipinski definition) is 0. The molecule has 26 heavy (non-hydrogen) atoms. The highest BCUT2D eigenvalue weighted by Gasteiger charge is 2.24. The molecule has 2 aromatic rings. The minimum atomic E-state index is 0.0716. The molecule has 0 saturated carbocycles. The number of fused-ring (bicyclic) bond motifs is 2. The Balaban J connectivity index is 1.18. The Morgan fingerprint density at radius 2 is 1.88 bits per heavy atom. The third-order valence-corrected chi connectivity index (χ3v) is 6.16. The van der Waals surface area contributed by atoms with Crippen molar-refractivity contribution in [3.8, 4) is 0 Å². The van der Waals surface area contributed by atoms with Crippen LogP contribution in [0.15, 0.2) is 15.3 Å². The average molecular weight is 354 g/mol. The maximum absolute atomic E-state index is 12.3. The van der Waals surface area contributed by atoms with Gasteiger partial charge in [0, 0.05) is 19.0 Å². The van der Waals surface area contributed by atoms with E-state index in [0.29, 0.717) is 5.92 Å². The van der Waals surface area contributed by atoms with Crippen molar-refractivity contribution in [3.05, 3.63) is 45.0 Å². The number of hydrogen-bond acceptors (Lipinski definition) is 5.